The van der Waals surface area contributed by atoms with Gasteiger partial charge in [0.1, 0.15) is 11.5 Å². The average Bonchev–Trinajstić information content (AvgIpc) is 2.75. The van der Waals surface area contributed by atoms with Crippen LogP contribution in [-0.4, -0.2) is 24.5 Å². The Balaban J connectivity index is 1.79. The summed E-state index contributed by atoms with van der Waals surface area (Å²) < 4.78 is 11.3. The lowest BCUT2D eigenvalue weighted by molar-refractivity contribution is -0.133. The van der Waals surface area contributed by atoms with Crippen molar-refractivity contribution in [1.29, 1.82) is 0 Å². The fraction of sp³-hybridized carbons (Fsp3) is 0.417. The molecule has 6 nitrogen and oxygen atoms in total. The molecular weight excluding hydrogens is 380 g/mol. The lowest BCUT2D eigenvalue weighted by Crippen LogP contribution is -2.48. The first-order valence-electron chi connectivity index (χ1n) is 10.4. The average molecular weight is 413 g/mol. The minimum atomic E-state index is -0.762. The number of hydrogen-bond acceptors (Lipinski definition) is 4. The van der Waals surface area contributed by atoms with E-state index in [0.717, 1.165) is 12.0 Å². The number of nitrogens with one attached hydrogen (secondary N) is 2. The number of ether oxygens (including phenoxy) is 2. The smallest absolute Gasteiger partial charge is 0.279 e. The minimum absolute atomic E-state index is 0.195. The van der Waals surface area contributed by atoms with Crippen LogP contribution < -0.4 is 20.3 Å². The quantitative estimate of drug-likeness (QED) is 0.602. The van der Waals surface area contributed by atoms with Gasteiger partial charge < -0.3 is 9.47 Å². The molecular formula is C24H32N2O4. The van der Waals surface area contributed by atoms with E-state index >= 15 is 0 Å². The molecule has 0 saturated heterocycles. The Morgan fingerprint density at radius 2 is 1.60 bits per heavy atom. The highest BCUT2D eigenvalue weighted by molar-refractivity contribution is 5.85. The van der Waals surface area contributed by atoms with Crippen molar-refractivity contribution in [2.24, 2.45) is 0 Å². The van der Waals surface area contributed by atoms with Crippen LogP contribution in [-0.2, 0) is 9.59 Å². The Labute approximate surface area is 178 Å². The SMILES string of the molecule is CC[C@H](C)c1ccccc1OCC(=O)NNC(=O)[C@H](C)Oc1ccc(C(C)C)cc1. The molecule has 0 aromatic heterocycles. The molecule has 0 aliphatic rings. The number of rotatable bonds is 9. The Bertz CT molecular complexity index is 833. The van der Waals surface area contributed by atoms with Crippen LogP contribution in [0.15, 0.2) is 48.5 Å². The topological polar surface area (TPSA) is 76.7 Å². The molecule has 2 aromatic carbocycles. The predicted octanol–water partition coefficient (Wildman–Crippen LogP) is 4.32. The summed E-state index contributed by atoms with van der Waals surface area (Å²) in [5.41, 5.74) is 6.99. The van der Waals surface area contributed by atoms with Crippen LogP contribution in [0, 0.1) is 0 Å². The second kappa shape index (κ2) is 11.2. The van der Waals surface area contributed by atoms with E-state index in [2.05, 4.69) is 38.5 Å². The Kier molecular flexibility index (Phi) is 8.71. The van der Waals surface area contributed by atoms with E-state index in [1.54, 1.807) is 6.92 Å². The fourth-order valence-corrected chi connectivity index (χ4v) is 2.84. The largest absolute Gasteiger partial charge is 0.483 e. The second-order valence-electron chi connectivity index (χ2n) is 7.66. The lowest BCUT2D eigenvalue weighted by atomic mass is 9.98. The van der Waals surface area contributed by atoms with Gasteiger partial charge in [-0.15, -0.1) is 0 Å². The molecule has 6 heteroatoms. The van der Waals surface area contributed by atoms with Gasteiger partial charge in [0.15, 0.2) is 12.7 Å². The van der Waals surface area contributed by atoms with Crippen LogP contribution >= 0.6 is 0 Å². The second-order valence-corrected chi connectivity index (χ2v) is 7.66. The van der Waals surface area contributed by atoms with Crippen LogP contribution in [0.25, 0.3) is 0 Å². The Morgan fingerprint density at radius 1 is 0.933 bits per heavy atom. The van der Waals surface area contributed by atoms with E-state index < -0.39 is 17.9 Å². The van der Waals surface area contributed by atoms with E-state index in [0.29, 0.717) is 23.3 Å². The monoisotopic (exact) mass is 412 g/mol. The first-order valence-corrected chi connectivity index (χ1v) is 10.4. The van der Waals surface area contributed by atoms with Gasteiger partial charge in [-0.25, -0.2) is 0 Å². The van der Waals surface area contributed by atoms with Crippen molar-refractivity contribution in [3.63, 3.8) is 0 Å². The molecule has 0 spiro atoms. The zero-order valence-corrected chi connectivity index (χ0v) is 18.4. The molecule has 2 N–H and O–H groups in total. The van der Waals surface area contributed by atoms with Gasteiger partial charge in [-0.05, 0) is 54.5 Å². The van der Waals surface area contributed by atoms with Crippen LogP contribution in [0.5, 0.6) is 11.5 Å². The van der Waals surface area contributed by atoms with E-state index in [1.165, 1.54) is 5.56 Å². The molecule has 0 fully saturated rings. The normalized spacial score (nSPS) is 12.7. The van der Waals surface area contributed by atoms with Crippen molar-refractivity contribution in [1.82, 2.24) is 10.9 Å². The summed E-state index contributed by atoms with van der Waals surface area (Å²) in [7, 11) is 0. The molecule has 0 unspecified atom stereocenters. The van der Waals surface area contributed by atoms with Gasteiger partial charge >= 0.3 is 0 Å². The molecule has 0 radical (unpaired) electrons. The lowest BCUT2D eigenvalue weighted by Gasteiger charge is -2.17. The van der Waals surface area contributed by atoms with Crippen LogP contribution in [0.1, 0.15) is 64.0 Å². The summed E-state index contributed by atoms with van der Waals surface area (Å²) >= 11 is 0. The standard InChI is InChI=1S/C24H32N2O4/c1-6-17(4)21-9-7-8-10-22(21)29-15-23(27)25-26-24(28)18(5)30-20-13-11-19(12-14-20)16(2)3/h7-14,16-18H,6,15H2,1-5H3,(H,25,27)(H,26,28)/t17-,18-/m0/s1. The van der Waals surface area contributed by atoms with Gasteiger partial charge in [-0.2, -0.15) is 0 Å². The van der Waals surface area contributed by atoms with Crippen LogP contribution in [0.3, 0.4) is 0 Å². The highest BCUT2D eigenvalue weighted by Crippen LogP contribution is 2.28. The maximum atomic E-state index is 12.2. The number of carbonyl (C=O) groups is 2. The van der Waals surface area contributed by atoms with Crippen molar-refractivity contribution in [3.8, 4) is 11.5 Å². The van der Waals surface area contributed by atoms with Gasteiger partial charge in [0.05, 0.1) is 0 Å². The number of para-hydroxylation sites is 1. The number of carbonyl (C=O) groups excluding carboxylic acids is 2. The van der Waals surface area contributed by atoms with Crippen molar-refractivity contribution in [3.05, 3.63) is 59.7 Å². The summed E-state index contributed by atoms with van der Waals surface area (Å²) in [6, 6.07) is 15.3. The van der Waals surface area contributed by atoms with Crippen molar-refractivity contribution < 1.29 is 19.1 Å². The summed E-state index contributed by atoms with van der Waals surface area (Å²) in [6.45, 7) is 9.87. The molecule has 0 heterocycles. The fourth-order valence-electron chi connectivity index (χ4n) is 2.84. The van der Waals surface area contributed by atoms with Crippen LogP contribution in [0.4, 0.5) is 0 Å². The third-order valence-corrected chi connectivity index (χ3v) is 4.98. The molecule has 162 valence electrons. The maximum absolute atomic E-state index is 12.2. The first kappa shape index (κ1) is 23.3. The van der Waals surface area contributed by atoms with Gasteiger partial charge in [0.2, 0.25) is 0 Å². The zero-order valence-electron chi connectivity index (χ0n) is 18.4. The first-order chi connectivity index (χ1) is 14.3. The van der Waals surface area contributed by atoms with Crippen LogP contribution in [0.2, 0.25) is 0 Å². The maximum Gasteiger partial charge on any atom is 0.279 e. The predicted molar refractivity (Wildman–Crippen MR) is 118 cm³/mol. The third-order valence-electron chi connectivity index (χ3n) is 4.98. The van der Waals surface area contributed by atoms with Gasteiger partial charge in [0, 0.05) is 0 Å². The summed E-state index contributed by atoms with van der Waals surface area (Å²) in [5, 5.41) is 0. The summed E-state index contributed by atoms with van der Waals surface area (Å²) in [4.78, 5) is 24.3. The van der Waals surface area contributed by atoms with E-state index in [9.17, 15) is 9.59 Å². The third kappa shape index (κ3) is 6.79. The Hall–Kier alpha value is -3.02. The molecule has 2 rings (SSSR count). The molecule has 2 aromatic rings. The van der Waals surface area contributed by atoms with E-state index in [-0.39, 0.29) is 6.61 Å². The summed E-state index contributed by atoms with van der Waals surface area (Å²) in [6.07, 6.45) is 0.211. The highest BCUT2D eigenvalue weighted by Gasteiger charge is 2.16. The molecule has 30 heavy (non-hydrogen) atoms. The summed E-state index contributed by atoms with van der Waals surface area (Å²) in [5.74, 6) is 1.13. The van der Waals surface area contributed by atoms with Crippen molar-refractivity contribution in [2.75, 3.05) is 6.61 Å². The number of amides is 2. The molecule has 0 saturated carbocycles. The van der Waals surface area contributed by atoms with Gasteiger partial charge in [-0.1, -0.05) is 58.0 Å². The zero-order chi connectivity index (χ0) is 22.1. The van der Waals surface area contributed by atoms with Gasteiger partial charge in [-0.3, -0.25) is 20.4 Å². The van der Waals surface area contributed by atoms with E-state index in [1.807, 2.05) is 48.5 Å². The Morgan fingerprint density at radius 3 is 2.23 bits per heavy atom. The number of benzene rings is 2. The molecule has 0 aliphatic heterocycles. The van der Waals surface area contributed by atoms with Gasteiger partial charge in [0.25, 0.3) is 11.8 Å². The molecule has 2 atom stereocenters. The molecule has 2 amide bonds. The van der Waals surface area contributed by atoms with Crippen molar-refractivity contribution >= 4 is 11.8 Å². The number of hydrazine groups is 1. The van der Waals surface area contributed by atoms with Crippen molar-refractivity contribution in [2.45, 2.75) is 59.0 Å². The molecule has 0 bridgehead atoms. The molecule has 0 aliphatic carbocycles. The highest BCUT2D eigenvalue weighted by atomic mass is 16.5. The number of hydrogen-bond donors (Lipinski definition) is 2. The van der Waals surface area contributed by atoms with E-state index in [4.69, 9.17) is 9.47 Å². The minimum Gasteiger partial charge on any atom is -0.483 e.